The summed E-state index contributed by atoms with van der Waals surface area (Å²) < 4.78 is 39.2. The summed E-state index contributed by atoms with van der Waals surface area (Å²) in [5.41, 5.74) is 2.24. The fourth-order valence-electron chi connectivity index (χ4n) is 3.35. The molecular formula is C25H27BrN2O5S. The van der Waals surface area contributed by atoms with Gasteiger partial charge in [0.2, 0.25) is 5.91 Å². The van der Waals surface area contributed by atoms with Crippen molar-refractivity contribution < 1.29 is 22.7 Å². The molecule has 0 fully saturated rings. The summed E-state index contributed by atoms with van der Waals surface area (Å²) in [5, 5.41) is 2.88. The Morgan fingerprint density at radius 2 is 1.65 bits per heavy atom. The van der Waals surface area contributed by atoms with Crippen LogP contribution in [0.5, 0.6) is 11.5 Å². The lowest BCUT2D eigenvalue weighted by molar-refractivity contribution is -0.120. The molecule has 0 radical (unpaired) electrons. The molecule has 1 atom stereocenters. The first-order valence-corrected chi connectivity index (χ1v) is 12.7. The second-order valence-corrected chi connectivity index (χ2v) is 10.4. The van der Waals surface area contributed by atoms with Crippen molar-refractivity contribution in [3.05, 3.63) is 82.3 Å². The number of carbonyl (C=O) groups is 1. The van der Waals surface area contributed by atoms with E-state index >= 15 is 0 Å². The van der Waals surface area contributed by atoms with Gasteiger partial charge >= 0.3 is 0 Å². The van der Waals surface area contributed by atoms with Crippen LogP contribution in [0.4, 0.5) is 5.69 Å². The molecule has 1 unspecified atom stereocenters. The zero-order valence-electron chi connectivity index (χ0n) is 19.4. The van der Waals surface area contributed by atoms with Crippen molar-refractivity contribution in [3.63, 3.8) is 0 Å². The topological polar surface area (TPSA) is 84.9 Å². The summed E-state index contributed by atoms with van der Waals surface area (Å²) in [6.45, 7) is 3.37. The van der Waals surface area contributed by atoms with E-state index in [0.29, 0.717) is 21.7 Å². The van der Waals surface area contributed by atoms with E-state index in [0.717, 1.165) is 15.4 Å². The largest absolute Gasteiger partial charge is 0.497 e. The second kappa shape index (κ2) is 10.9. The number of methoxy groups -OCH3 is 2. The van der Waals surface area contributed by atoms with Gasteiger partial charge < -0.3 is 14.8 Å². The number of nitrogens with one attached hydrogen (secondary N) is 1. The average molecular weight is 547 g/mol. The number of rotatable bonds is 9. The first-order chi connectivity index (χ1) is 16.1. The molecule has 9 heteroatoms. The quantitative estimate of drug-likeness (QED) is 0.414. The van der Waals surface area contributed by atoms with Gasteiger partial charge in [-0.2, -0.15) is 0 Å². The minimum atomic E-state index is -4.05. The van der Waals surface area contributed by atoms with Crippen LogP contribution in [-0.2, 0) is 14.8 Å². The highest BCUT2D eigenvalue weighted by atomic mass is 79.9. The van der Waals surface area contributed by atoms with E-state index in [2.05, 4.69) is 21.2 Å². The first-order valence-electron chi connectivity index (χ1n) is 10.5. The molecule has 0 aliphatic heterocycles. The van der Waals surface area contributed by atoms with E-state index in [1.165, 1.54) is 19.2 Å². The normalized spacial score (nSPS) is 12.0. The molecule has 3 aromatic rings. The number of halogens is 1. The highest BCUT2D eigenvalue weighted by Gasteiger charge is 2.28. The first kappa shape index (κ1) is 25.6. The lowest BCUT2D eigenvalue weighted by Crippen LogP contribution is -2.41. The van der Waals surface area contributed by atoms with E-state index in [1.807, 2.05) is 38.1 Å². The molecule has 7 nitrogen and oxygen atoms in total. The third-order valence-electron chi connectivity index (χ3n) is 5.31. The third kappa shape index (κ3) is 5.90. The molecule has 0 aliphatic rings. The van der Waals surface area contributed by atoms with Crippen LogP contribution in [0.15, 0.2) is 76.1 Å². The second-order valence-electron chi connectivity index (χ2n) is 7.71. The Hall–Kier alpha value is -3.04. The minimum absolute atomic E-state index is 0.0387. The van der Waals surface area contributed by atoms with Crippen LogP contribution >= 0.6 is 15.9 Å². The van der Waals surface area contributed by atoms with E-state index in [-0.39, 0.29) is 17.5 Å². The maximum atomic E-state index is 13.6. The number of hydrogen-bond acceptors (Lipinski definition) is 5. The molecule has 3 aromatic carbocycles. The Labute approximate surface area is 208 Å². The molecule has 3 rings (SSSR count). The maximum Gasteiger partial charge on any atom is 0.264 e. The zero-order valence-corrected chi connectivity index (χ0v) is 21.8. The van der Waals surface area contributed by atoms with Crippen molar-refractivity contribution in [3.8, 4) is 11.5 Å². The summed E-state index contributed by atoms with van der Waals surface area (Å²) in [7, 11) is -0.962. The smallest absolute Gasteiger partial charge is 0.264 e. The number of anilines is 1. The van der Waals surface area contributed by atoms with Crippen molar-refractivity contribution in [2.75, 3.05) is 25.1 Å². The van der Waals surface area contributed by atoms with Crippen molar-refractivity contribution in [2.24, 2.45) is 0 Å². The summed E-state index contributed by atoms with van der Waals surface area (Å²) in [6, 6.07) is 18.5. The molecule has 0 saturated heterocycles. The molecule has 0 saturated carbocycles. The maximum absolute atomic E-state index is 13.6. The van der Waals surface area contributed by atoms with E-state index in [4.69, 9.17) is 9.47 Å². The number of sulfonamides is 1. The van der Waals surface area contributed by atoms with Gasteiger partial charge in [-0.05, 0) is 77.8 Å². The van der Waals surface area contributed by atoms with E-state index in [1.54, 1.807) is 37.4 Å². The van der Waals surface area contributed by atoms with Gasteiger partial charge in [0, 0.05) is 0 Å². The number of amides is 1. The molecule has 0 spiro atoms. The number of benzene rings is 3. The minimum Gasteiger partial charge on any atom is -0.497 e. The Balaban J connectivity index is 1.89. The Bertz CT molecular complexity index is 1250. The van der Waals surface area contributed by atoms with Gasteiger partial charge in [0.25, 0.3) is 10.0 Å². The fourth-order valence-corrected chi connectivity index (χ4v) is 5.49. The number of ether oxygens (including phenoxy) is 2. The third-order valence-corrected chi connectivity index (χ3v) is 7.70. The van der Waals surface area contributed by atoms with Gasteiger partial charge in [-0.3, -0.25) is 9.10 Å². The Morgan fingerprint density at radius 3 is 2.21 bits per heavy atom. The van der Waals surface area contributed by atoms with Gasteiger partial charge in [-0.1, -0.05) is 29.8 Å². The lowest BCUT2D eigenvalue weighted by Gasteiger charge is -2.25. The zero-order chi connectivity index (χ0) is 24.9. The Kier molecular flexibility index (Phi) is 8.22. The van der Waals surface area contributed by atoms with Crippen LogP contribution < -0.4 is 19.1 Å². The van der Waals surface area contributed by atoms with Crippen molar-refractivity contribution in [2.45, 2.75) is 24.8 Å². The molecule has 1 amide bonds. The standard InChI is InChI=1S/C25H27BrN2O5S/c1-17-5-9-20(10-6-17)28(34(30,31)22-13-14-24(33-4)23(26)15-22)16-25(29)27-18(2)19-7-11-21(32-3)12-8-19/h5-15,18H,16H2,1-4H3,(H,27,29). The van der Waals surface area contributed by atoms with Crippen molar-refractivity contribution in [1.29, 1.82) is 0 Å². The van der Waals surface area contributed by atoms with Gasteiger partial charge in [0.15, 0.2) is 0 Å². The predicted molar refractivity (Wildman–Crippen MR) is 136 cm³/mol. The molecule has 0 bridgehead atoms. The molecule has 180 valence electrons. The SMILES string of the molecule is COc1ccc(C(C)NC(=O)CN(c2ccc(C)cc2)S(=O)(=O)c2ccc(OC)c(Br)c2)cc1. The van der Waals surface area contributed by atoms with Gasteiger partial charge in [-0.25, -0.2) is 8.42 Å². The highest BCUT2D eigenvalue weighted by Crippen LogP contribution is 2.31. The van der Waals surface area contributed by atoms with Crippen molar-refractivity contribution in [1.82, 2.24) is 5.32 Å². The predicted octanol–water partition coefficient (Wildman–Crippen LogP) is 4.85. The van der Waals surface area contributed by atoms with Crippen LogP contribution in [0.2, 0.25) is 0 Å². The molecule has 34 heavy (non-hydrogen) atoms. The Morgan fingerprint density at radius 1 is 1.00 bits per heavy atom. The molecule has 0 aromatic heterocycles. The van der Waals surface area contributed by atoms with Gasteiger partial charge in [0.05, 0.1) is 35.3 Å². The highest BCUT2D eigenvalue weighted by molar-refractivity contribution is 9.10. The molecule has 0 aliphatic carbocycles. The van der Waals surface area contributed by atoms with Crippen LogP contribution in [0.3, 0.4) is 0 Å². The molecular weight excluding hydrogens is 520 g/mol. The summed E-state index contributed by atoms with van der Waals surface area (Å²) >= 11 is 3.34. The van der Waals surface area contributed by atoms with Crippen molar-refractivity contribution >= 4 is 37.5 Å². The fraction of sp³-hybridized carbons (Fsp3) is 0.240. The van der Waals surface area contributed by atoms with Crippen LogP contribution in [-0.4, -0.2) is 35.1 Å². The van der Waals surface area contributed by atoms with Gasteiger partial charge in [0.1, 0.15) is 18.0 Å². The van der Waals surface area contributed by atoms with Crippen LogP contribution in [0, 0.1) is 6.92 Å². The summed E-state index contributed by atoms with van der Waals surface area (Å²) in [6.07, 6.45) is 0. The van der Waals surface area contributed by atoms with Crippen LogP contribution in [0.25, 0.3) is 0 Å². The van der Waals surface area contributed by atoms with E-state index < -0.39 is 15.9 Å². The average Bonchev–Trinajstić information content (AvgIpc) is 2.83. The summed E-state index contributed by atoms with van der Waals surface area (Å²) in [4.78, 5) is 13.0. The monoisotopic (exact) mass is 546 g/mol. The number of carbonyl (C=O) groups excluding carboxylic acids is 1. The molecule has 0 heterocycles. The van der Waals surface area contributed by atoms with Gasteiger partial charge in [-0.15, -0.1) is 0 Å². The van der Waals surface area contributed by atoms with E-state index in [9.17, 15) is 13.2 Å². The number of hydrogen-bond donors (Lipinski definition) is 1. The van der Waals surface area contributed by atoms with Crippen LogP contribution in [0.1, 0.15) is 24.1 Å². The molecule has 1 N–H and O–H groups in total. The lowest BCUT2D eigenvalue weighted by atomic mass is 10.1. The number of nitrogens with zero attached hydrogens (tertiary/aromatic N) is 1. The summed E-state index contributed by atoms with van der Waals surface area (Å²) in [5.74, 6) is 0.788. The number of aryl methyl sites for hydroxylation is 1.